The summed E-state index contributed by atoms with van der Waals surface area (Å²) in [5.74, 6) is 0.957. The van der Waals surface area contributed by atoms with Gasteiger partial charge in [0, 0.05) is 32.3 Å². The molecule has 1 aromatic heterocycles. The summed E-state index contributed by atoms with van der Waals surface area (Å²) >= 11 is 0. The summed E-state index contributed by atoms with van der Waals surface area (Å²) in [7, 11) is 1.78. The van der Waals surface area contributed by atoms with Crippen LogP contribution in [0.3, 0.4) is 0 Å². The molecule has 6 nitrogen and oxygen atoms in total. The Hall–Kier alpha value is -2.11. The van der Waals surface area contributed by atoms with E-state index < -0.39 is 0 Å². The molecule has 22 heavy (non-hydrogen) atoms. The van der Waals surface area contributed by atoms with Gasteiger partial charge in [0.1, 0.15) is 0 Å². The van der Waals surface area contributed by atoms with Gasteiger partial charge in [0.25, 0.3) is 0 Å². The Balaban J connectivity index is 1.92. The van der Waals surface area contributed by atoms with Crippen molar-refractivity contribution in [2.75, 3.05) is 20.1 Å². The number of amides is 1. The number of nitrogens with zero attached hydrogens (tertiary/aromatic N) is 3. The van der Waals surface area contributed by atoms with E-state index in [-0.39, 0.29) is 5.91 Å². The second kappa shape index (κ2) is 7.77. The molecule has 2 heterocycles. The van der Waals surface area contributed by atoms with Gasteiger partial charge in [0.2, 0.25) is 5.91 Å². The molecule has 1 fully saturated rings. The highest BCUT2D eigenvalue weighted by Gasteiger charge is 2.23. The number of likely N-dealkylation sites (tertiary alicyclic amines) is 1. The quantitative estimate of drug-likeness (QED) is 0.643. The molecule has 1 unspecified atom stereocenters. The minimum absolute atomic E-state index is 0.223. The van der Waals surface area contributed by atoms with Gasteiger partial charge in [-0.15, -0.1) is 0 Å². The SMILES string of the molecule is CN=C(NCc1cccc(C)n1)N1CCCC(CC(N)=O)C1. The number of carbonyl (C=O) groups is 1. The molecule has 3 N–H and O–H groups in total. The van der Waals surface area contributed by atoms with Crippen LogP contribution < -0.4 is 11.1 Å². The molecule has 0 aliphatic carbocycles. The molecule has 0 saturated carbocycles. The highest BCUT2D eigenvalue weighted by molar-refractivity contribution is 5.80. The van der Waals surface area contributed by atoms with Crippen LogP contribution in [0.25, 0.3) is 0 Å². The first-order chi connectivity index (χ1) is 10.6. The van der Waals surface area contributed by atoms with Gasteiger partial charge in [0.05, 0.1) is 12.2 Å². The van der Waals surface area contributed by atoms with Gasteiger partial charge >= 0.3 is 0 Å². The number of hydrogen-bond acceptors (Lipinski definition) is 3. The molecule has 6 heteroatoms. The third kappa shape index (κ3) is 4.72. The summed E-state index contributed by atoms with van der Waals surface area (Å²) in [4.78, 5) is 22.1. The first kappa shape index (κ1) is 16.3. The Morgan fingerprint density at radius 2 is 2.36 bits per heavy atom. The number of guanidine groups is 1. The van der Waals surface area contributed by atoms with E-state index in [0.29, 0.717) is 18.9 Å². The predicted octanol–water partition coefficient (Wildman–Crippen LogP) is 1.05. The van der Waals surface area contributed by atoms with Crippen LogP contribution in [-0.4, -0.2) is 41.9 Å². The van der Waals surface area contributed by atoms with Crippen LogP contribution in [0.2, 0.25) is 0 Å². The van der Waals surface area contributed by atoms with Crippen LogP contribution in [0.15, 0.2) is 23.2 Å². The zero-order valence-corrected chi connectivity index (χ0v) is 13.4. The fraction of sp³-hybridized carbons (Fsp3) is 0.562. The average molecular weight is 303 g/mol. The van der Waals surface area contributed by atoms with E-state index in [1.54, 1.807) is 7.05 Å². The Bertz CT molecular complexity index is 543. The number of aryl methyl sites for hydroxylation is 1. The fourth-order valence-electron chi connectivity index (χ4n) is 2.91. The van der Waals surface area contributed by atoms with Crippen molar-refractivity contribution in [3.8, 4) is 0 Å². The number of nitrogens with one attached hydrogen (secondary N) is 1. The number of hydrogen-bond donors (Lipinski definition) is 2. The number of carbonyl (C=O) groups excluding carboxylic acids is 1. The van der Waals surface area contributed by atoms with E-state index >= 15 is 0 Å². The van der Waals surface area contributed by atoms with Gasteiger partial charge in [-0.2, -0.15) is 0 Å². The smallest absolute Gasteiger partial charge is 0.217 e. The molecular weight excluding hydrogens is 278 g/mol. The highest BCUT2D eigenvalue weighted by atomic mass is 16.1. The number of pyridine rings is 1. The van der Waals surface area contributed by atoms with Crippen molar-refractivity contribution in [1.29, 1.82) is 0 Å². The molecule has 1 aliphatic heterocycles. The molecule has 0 aromatic carbocycles. The molecule has 1 saturated heterocycles. The third-order valence-corrected chi connectivity index (χ3v) is 3.89. The summed E-state index contributed by atoms with van der Waals surface area (Å²) in [5, 5.41) is 3.35. The molecule has 0 bridgehead atoms. The Kier molecular flexibility index (Phi) is 5.75. The van der Waals surface area contributed by atoms with E-state index in [9.17, 15) is 4.79 Å². The monoisotopic (exact) mass is 303 g/mol. The van der Waals surface area contributed by atoms with E-state index in [0.717, 1.165) is 43.3 Å². The van der Waals surface area contributed by atoms with Crippen LogP contribution in [0, 0.1) is 12.8 Å². The number of aliphatic imine (C=N–C) groups is 1. The van der Waals surface area contributed by atoms with E-state index in [4.69, 9.17) is 5.73 Å². The minimum atomic E-state index is -0.223. The van der Waals surface area contributed by atoms with Crippen LogP contribution in [0.1, 0.15) is 30.7 Å². The standard InChI is InChI=1S/C16H25N5O/c1-12-5-3-7-14(20-12)10-19-16(18-2)21-8-4-6-13(11-21)9-15(17)22/h3,5,7,13H,4,6,8-11H2,1-2H3,(H2,17,22)(H,18,19). The summed E-state index contributed by atoms with van der Waals surface area (Å²) in [6, 6.07) is 5.99. The topological polar surface area (TPSA) is 83.6 Å². The van der Waals surface area contributed by atoms with Crippen molar-refractivity contribution in [1.82, 2.24) is 15.2 Å². The maximum atomic E-state index is 11.1. The molecular formula is C16H25N5O. The lowest BCUT2D eigenvalue weighted by Crippen LogP contribution is -2.47. The summed E-state index contributed by atoms with van der Waals surface area (Å²) in [6.07, 6.45) is 2.56. The van der Waals surface area contributed by atoms with Crippen molar-refractivity contribution in [3.05, 3.63) is 29.6 Å². The Morgan fingerprint density at radius 3 is 3.05 bits per heavy atom. The maximum Gasteiger partial charge on any atom is 0.217 e. The third-order valence-electron chi connectivity index (χ3n) is 3.89. The summed E-state index contributed by atoms with van der Waals surface area (Å²) in [6.45, 7) is 4.41. The van der Waals surface area contributed by atoms with Crippen molar-refractivity contribution in [3.63, 3.8) is 0 Å². The lowest BCUT2D eigenvalue weighted by Gasteiger charge is -2.34. The van der Waals surface area contributed by atoms with Gasteiger partial charge in [-0.05, 0) is 37.8 Å². The van der Waals surface area contributed by atoms with E-state index in [1.165, 1.54) is 0 Å². The number of primary amides is 1. The molecule has 1 aromatic rings. The molecule has 0 spiro atoms. The predicted molar refractivity (Wildman–Crippen MR) is 87.3 cm³/mol. The van der Waals surface area contributed by atoms with Crippen molar-refractivity contribution < 1.29 is 4.79 Å². The zero-order valence-electron chi connectivity index (χ0n) is 13.4. The van der Waals surface area contributed by atoms with Crippen molar-refractivity contribution >= 4 is 11.9 Å². The molecule has 0 radical (unpaired) electrons. The van der Waals surface area contributed by atoms with Crippen LogP contribution in [-0.2, 0) is 11.3 Å². The van der Waals surface area contributed by atoms with Crippen LogP contribution in [0.4, 0.5) is 0 Å². The molecule has 1 atom stereocenters. The normalized spacial score (nSPS) is 19.1. The Labute approximate surface area is 131 Å². The second-order valence-electron chi connectivity index (χ2n) is 5.80. The summed E-state index contributed by atoms with van der Waals surface area (Å²) in [5.41, 5.74) is 7.32. The lowest BCUT2D eigenvalue weighted by atomic mass is 9.95. The van der Waals surface area contributed by atoms with Gasteiger partial charge in [0.15, 0.2) is 5.96 Å². The largest absolute Gasteiger partial charge is 0.370 e. The number of aromatic nitrogens is 1. The second-order valence-corrected chi connectivity index (χ2v) is 5.80. The van der Waals surface area contributed by atoms with Gasteiger partial charge in [-0.3, -0.25) is 14.8 Å². The molecule has 120 valence electrons. The fourth-order valence-corrected chi connectivity index (χ4v) is 2.91. The molecule has 1 amide bonds. The average Bonchev–Trinajstić information content (AvgIpc) is 2.48. The lowest BCUT2D eigenvalue weighted by molar-refractivity contribution is -0.119. The van der Waals surface area contributed by atoms with E-state index in [2.05, 4.69) is 20.2 Å². The van der Waals surface area contributed by atoms with Crippen LogP contribution >= 0.6 is 0 Å². The molecule has 2 rings (SSSR count). The minimum Gasteiger partial charge on any atom is -0.370 e. The van der Waals surface area contributed by atoms with Crippen LogP contribution in [0.5, 0.6) is 0 Å². The number of piperidine rings is 1. The summed E-state index contributed by atoms with van der Waals surface area (Å²) < 4.78 is 0. The number of nitrogens with two attached hydrogens (primary N) is 1. The van der Waals surface area contributed by atoms with Crippen molar-refractivity contribution in [2.45, 2.75) is 32.7 Å². The van der Waals surface area contributed by atoms with Crippen molar-refractivity contribution in [2.24, 2.45) is 16.6 Å². The zero-order chi connectivity index (χ0) is 15.9. The van der Waals surface area contributed by atoms with E-state index in [1.807, 2.05) is 25.1 Å². The first-order valence-electron chi connectivity index (χ1n) is 7.75. The highest BCUT2D eigenvalue weighted by Crippen LogP contribution is 2.19. The van der Waals surface area contributed by atoms with Gasteiger partial charge in [-0.25, -0.2) is 0 Å². The molecule has 1 aliphatic rings. The van der Waals surface area contributed by atoms with Gasteiger partial charge < -0.3 is 16.0 Å². The number of rotatable bonds is 4. The maximum absolute atomic E-state index is 11.1. The first-order valence-corrected chi connectivity index (χ1v) is 7.75. The Morgan fingerprint density at radius 1 is 1.55 bits per heavy atom. The van der Waals surface area contributed by atoms with Gasteiger partial charge in [-0.1, -0.05) is 6.07 Å².